The van der Waals surface area contributed by atoms with E-state index in [-0.39, 0.29) is 0 Å². The lowest BCUT2D eigenvalue weighted by molar-refractivity contribution is 0.769. The van der Waals surface area contributed by atoms with Gasteiger partial charge in [-0.05, 0) is 36.4 Å². The van der Waals surface area contributed by atoms with Crippen LogP contribution >= 0.6 is 0 Å². The Kier molecular flexibility index (Phi) is 3.28. The van der Waals surface area contributed by atoms with Gasteiger partial charge in [0.1, 0.15) is 0 Å². The lowest BCUT2D eigenvalue weighted by Gasteiger charge is -2.27. The smallest absolute Gasteiger partial charge is 0.176 e. The van der Waals surface area contributed by atoms with Gasteiger partial charge in [-0.3, -0.25) is 20.4 Å². The summed E-state index contributed by atoms with van der Waals surface area (Å²) < 4.78 is 0. The molecule has 0 aromatic carbocycles. The van der Waals surface area contributed by atoms with E-state index in [1.165, 1.54) is 0 Å². The van der Waals surface area contributed by atoms with Crippen LogP contribution in [0.25, 0.3) is 0 Å². The highest BCUT2D eigenvalue weighted by atomic mass is 15.9. The molecule has 0 bridgehead atoms. The fourth-order valence-corrected chi connectivity index (χ4v) is 2.25. The molecule has 7 heteroatoms. The maximum Gasteiger partial charge on any atom is 0.176 e. The average Bonchev–Trinajstić information content (AvgIpc) is 3.09. The van der Waals surface area contributed by atoms with E-state index in [1.54, 1.807) is 42.3 Å². The van der Waals surface area contributed by atoms with Crippen LogP contribution in [0.4, 0.5) is 11.4 Å². The van der Waals surface area contributed by atoms with E-state index >= 15 is 0 Å². The Morgan fingerprint density at radius 2 is 1.17 bits per heavy atom. The third-order valence-electron chi connectivity index (χ3n) is 3.35. The maximum absolute atomic E-state index is 4.68. The van der Waals surface area contributed by atoms with Gasteiger partial charge in [0, 0.05) is 42.7 Å². The van der Waals surface area contributed by atoms with Gasteiger partial charge in [0.2, 0.25) is 0 Å². The number of anilines is 2. The minimum Gasteiger partial charge on any atom is -0.265 e. The van der Waals surface area contributed by atoms with Crippen molar-refractivity contribution in [2.45, 2.75) is 0 Å². The molecule has 7 nitrogen and oxygen atoms in total. The first-order valence-electron chi connectivity index (χ1n) is 7.08. The largest absolute Gasteiger partial charge is 0.265 e. The molecule has 23 heavy (non-hydrogen) atoms. The first-order valence-corrected chi connectivity index (χ1v) is 7.08. The van der Waals surface area contributed by atoms with Crippen molar-refractivity contribution in [3.05, 3.63) is 79.1 Å². The summed E-state index contributed by atoms with van der Waals surface area (Å²) >= 11 is 0. The summed E-state index contributed by atoms with van der Waals surface area (Å²) in [7, 11) is 0. The number of rotatable bonds is 3. The van der Waals surface area contributed by atoms with Crippen molar-refractivity contribution < 1.29 is 0 Å². The number of amidine groups is 1. The van der Waals surface area contributed by atoms with Gasteiger partial charge in [-0.1, -0.05) is 0 Å². The third kappa shape index (κ3) is 2.55. The van der Waals surface area contributed by atoms with E-state index < -0.39 is 0 Å². The van der Waals surface area contributed by atoms with Gasteiger partial charge >= 0.3 is 0 Å². The Morgan fingerprint density at radius 3 is 1.78 bits per heavy atom. The molecule has 0 atom stereocenters. The van der Waals surface area contributed by atoms with Crippen molar-refractivity contribution in [2.75, 3.05) is 10.2 Å². The molecule has 1 aliphatic rings. The van der Waals surface area contributed by atoms with Crippen molar-refractivity contribution in [1.82, 2.24) is 20.4 Å². The molecule has 1 aliphatic heterocycles. The van der Waals surface area contributed by atoms with Gasteiger partial charge in [0.05, 0.1) is 11.4 Å². The van der Waals surface area contributed by atoms with Crippen LogP contribution in [0, 0.1) is 0 Å². The summed E-state index contributed by atoms with van der Waals surface area (Å²) in [6.07, 6.45) is 10.4. The summed E-state index contributed by atoms with van der Waals surface area (Å²) in [6.45, 7) is 0. The summed E-state index contributed by atoms with van der Waals surface area (Å²) in [6, 6.07) is 11.4. The van der Waals surface area contributed by atoms with Crippen molar-refractivity contribution >= 4 is 17.2 Å². The average molecular weight is 303 g/mol. The van der Waals surface area contributed by atoms with Crippen LogP contribution < -0.4 is 15.7 Å². The van der Waals surface area contributed by atoms with E-state index in [2.05, 4.69) is 25.5 Å². The zero-order valence-electron chi connectivity index (χ0n) is 12.1. The molecule has 0 saturated carbocycles. The molecule has 4 rings (SSSR count). The highest BCUT2D eigenvalue weighted by Gasteiger charge is 2.26. The van der Waals surface area contributed by atoms with Crippen molar-refractivity contribution in [2.24, 2.45) is 5.10 Å². The summed E-state index contributed by atoms with van der Waals surface area (Å²) in [5, 5.41) is 8.31. The SMILES string of the molecule is c1cc(C2=NN(c3ccncc3)N(c3ccncc3)N2)ccn1. The third-order valence-corrected chi connectivity index (χ3v) is 3.35. The second-order valence-corrected chi connectivity index (χ2v) is 4.81. The van der Waals surface area contributed by atoms with Crippen LogP contribution in [0.3, 0.4) is 0 Å². The highest BCUT2D eigenvalue weighted by molar-refractivity contribution is 6.02. The molecule has 3 aromatic heterocycles. The normalized spacial score (nSPS) is 13.7. The van der Waals surface area contributed by atoms with Crippen LogP contribution in [0.1, 0.15) is 5.56 Å². The second-order valence-electron chi connectivity index (χ2n) is 4.81. The molecule has 0 radical (unpaired) electrons. The monoisotopic (exact) mass is 303 g/mol. The lowest BCUT2D eigenvalue weighted by Crippen LogP contribution is -2.44. The highest BCUT2D eigenvalue weighted by Crippen LogP contribution is 2.24. The molecule has 0 amide bonds. The van der Waals surface area contributed by atoms with Gasteiger partial charge in [0.15, 0.2) is 5.84 Å². The zero-order chi connectivity index (χ0) is 15.5. The van der Waals surface area contributed by atoms with Gasteiger partial charge < -0.3 is 0 Å². The number of nitrogens with one attached hydrogen (secondary N) is 1. The van der Waals surface area contributed by atoms with Crippen molar-refractivity contribution in [3.8, 4) is 0 Å². The number of hydrazone groups is 1. The van der Waals surface area contributed by atoms with Gasteiger partial charge in [-0.25, -0.2) is 0 Å². The van der Waals surface area contributed by atoms with Crippen LogP contribution in [-0.2, 0) is 0 Å². The maximum atomic E-state index is 4.68. The van der Waals surface area contributed by atoms with E-state index in [0.29, 0.717) is 0 Å². The zero-order valence-corrected chi connectivity index (χ0v) is 12.1. The summed E-state index contributed by atoms with van der Waals surface area (Å²) in [4.78, 5) is 12.2. The van der Waals surface area contributed by atoms with Crippen LogP contribution in [0.15, 0.2) is 78.7 Å². The minimum absolute atomic E-state index is 0.737. The lowest BCUT2D eigenvalue weighted by atomic mass is 10.2. The number of pyridine rings is 3. The Morgan fingerprint density at radius 1 is 0.652 bits per heavy atom. The Balaban J connectivity index is 1.75. The summed E-state index contributed by atoms with van der Waals surface area (Å²) in [5.41, 5.74) is 6.08. The van der Waals surface area contributed by atoms with E-state index in [4.69, 9.17) is 0 Å². The molecule has 3 aromatic rings. The Hall–Kier alpha value is -3.48. The molecule has 0 spiro atoms. The quantitative estimate of drug-likeness (QED) is 0.798. The second kappa shape index (κ2) is 5.72. The van der Waals surface area contributed by atoms with Gasteiger partial charge in [0.25, 0.3) is 0 Å². The summed E-state index contributed by atoms with van der Waals surface area (Å²) in [5.74, 6) is 0.737. The Bertz CT molecular complexity index is 806. The predicted octanol–water partition coefficient (Wildman–Crippen LogP) is 1.98. The first kappa shape index (κ1) is 13.2. The van der Waals surface area contributed by atoms with E-state index in [9.17, 15) is 0 Å². The van der Waals surface area contributed by atoms with Crippen molar-refractivity contribution in [1.29, 1.82) is 0 Å². The number of hydrogen-bond donors (Lipinski definition) is 1. The fourth-order valence-electron chi connectivity index (χ4n) is 2.25. The Labute approximate surface area is 132 Å². The van der Waals surface area contributed by atoms with E-state index in [0.717, 1.165) is 22.8 Å². The molecule has 4 heterocycles. The fraction of sp³-hybridized carbons (Fsp3) is 0. The standard InChI is InChI=1S/C16H13N7/c1-7-17-8-2-13(1)16-20-22(14-3-9-18-10-4-14)23(21-16)15-5-11-19-12-6-15/h1-12H,(H,20,21). The molecular formula is C16H13N7. The molecule has 0 aliphatic carbocycles. The molecule has 0 fully saturated rings. The van der Waals surface area contributed by atoms with E-state index in [1.807, 2.05) is 41.5 Å². The number of hydrazine groups is 2. The molecule has 0 saturated heterocycles. The number of hydrogen-bond acceptors (Lipinski definition) is 7. The van der Waals surface area contributed by atoms with Crippen LogP contribution in [-0.4, -0.2) is 20.8 Å². The number of aromatic nitrogens is 3. The predicted molar refractivity (Wildman–Crippen MR) is 87.3 cm³/mol. The molecule has 1 N–H and O–H groups in total. The molecular weight excluding hydrogens is 290 g/mol. The number of nitrogens with zero attached hydrogens (tertiary/aromatic N) is 6. The topological polar surface area (TPSA) is 69.5 Å². The van der Waals surface area contributed by atoms with Gasteiger partial charge in [-0.2, -0.15) is 10.2 Å². The molecule has 112 valence electrons. The van der Waals surface area contributed by atoms with Gasteiger partial charge in [-0.15, -0.1) is 5.10 Å². The molecule has 0 unspecified atom stereocenters. The van der Waals surface area contributed by atoms with Crippen LogP contribution in [0.5, 0.6) is 0 Å². The van der Waals surface area contributed by atoms with Crippen molar-refractivity contribution in [3.63, 3.8) is 0 Å². The first-order chi connectivity index (χ1) is 11.4. The van der Waals surface area contributed by atoms with Crippen LogP contribution in [0.2, 0.25) is 0 Å². The minimum atomic E-state index is 0.737.